The molecule has 0 aromatic rings. The molecule has 3 heterocycles. The van der Waals surface area contributed by atoms with Crippen LogP contribution in [-0.2, 0) is 18.9 Å². The van der Waals surface area contributed by atoms with Gasteiger partial charge in [-0.2, -0.15) is 0 Å². The summed E-state index contributed by atoms with van der Waals surface area (Å²) < 4.78 is 23.0. The fraction of sp³-hybridized carbons (Fsp3) is 0.952. The second-order valence-corrected chi connectivity index (χ2v) is 8.14. The van der Waals surface area contributed by atoms with Gasteiger partial charge in [0.1, 0.15) is 0 Å². The van der Waals surface area contributed by atoms with Crippen LogP contribution in [0.4, 0.5) is 0 Å². The molecule has 1 N–H and O–H groups in total. The topological polar surface area (TPSA) is 64.6 Å². The number of guanidine groups is 1. The Hall–Kier alpha value is -0.160. The van der Waals surface area contributed by atoms with Gasteiger partial charge >= 0.3 is 0 Å². The smallest absolute Gasteiger partial charge is 0.193 e. The largest absolute Gasteiger partial charge is 0.381 e. The van der Waals surface area contributed by atoms with Crippen LogP contribution < -0.4 is 5.32 Å². The second-order valence-electron chi connectivity index (χ2n) is 8.14. The molecule has 0 aromatic heterocycles. The molecule has 0 radical (unpaired) electrons. The number of nitrogens with zero attached hydrogens (tertiary/aromatic N) is 2. The number of ether oxygens (including phenoxy) is 4. The number of hydrogen-bond acceptors (Lipinski definition) is 5. The lowest BCUT2D eigenvalue weighted by Gasteiger charge is -2.35. The molecule has 0 bridgehead atoms. The first-order valence-electron chi connectivity index (χ1n) is 11.2. The molecule has 2 atom stereocenters. The number of halogens is 1. The molecule has 170 valence electrons. The fourth-order valence-electron chi connectivity index (χ4n) is 4.09. The highest BCUT2D eigenvalue weighted by molar-refractivity contribution is 14.0. The van der Waals surface area contributed by atoms with E-state index in [1.165, 1.54) is 12.8 Å². The SMILES string of the molecule is CN=C(NCCCOCC1CCOC1)N1CCC(OCC2CCCCO2)CC1.I. The molecule has 3 saturated heterocycles. The van der Waals surface area contributed by atoms with Crippen LogP contribution in [-0.4, -0.2) is 89.4 Å². The molecule has 7 nitrogen and oxygen atoms in total. The van der Waals surface area contributed by atoms with E-state index < -0.39 is 0 Å². The molecular formula is C21H40IN3O4. The van der Waals surface area contributed by atoms with Gasteiger partial charge in [0.05, 0.1) is 32.0 Å². The molecule has 0 saturated carbocycles. The molecule has 3 rings (SSSR count). The maximum Gasteiger partial charge on any atom is 0.193 e. The number of piperidine rings is 1. The maximum absolute atomic E-state index is 6.11. The second kappa shape index (κ2) is 14.8. The predicted octanol–water partition coefficient (Wildman–Crippen LogP) is 2.67. The lowest BCUT2D eigenvalue weighted by atomic mass is 10.1. The third-order valence-corrected chi connectivity index (χ3v) is 5.87. The molecule has 0 amide bonds. The molecule has 2 unspecified atom stereocenters. The van der Waals surface area contributed by atoms with Gasteiger partial charge in [0, 0.05) is 52.4 Å². The lowest BCUT2D eigenvalue weighted by Crippen LogP contribution is -2.47. The molecule has 0 aromatic carbocycles. The van der Waals surface area contributed by atoms with Crippen molar-refractivity contribution in [3.8, 4) is 0 Å². The van der Waals surface area contributed by atoms with Crippen LogP contribution in [0.15, 0.2) is 4.99 Å². The van der Waals surface area contributed by atoms with Gasteiger partial charge in [0.25, 0.3) is 0 Å². The van der Waals surface area contributed by atoms with E-state index in [0.29, 0.717) is 18.1 Å². The number of hydrogen-bond donors (Lipinski definition) is 1. The summed E-state index contributed by atoms with van der Waals surface area (Å²) in [6.07, 6.45) is 8.52. The Morgan fingerprint density at radius 3 is 2.66 bits per heavy atom. The van der Waals surface area contributed by atoms with Gasteiger partial charge in [-0.25, -0.2) is 0 Å². The third-order valence-electron chi connectivity index (χ3n) is 5.87. The molecule has 3 aliphatic rings. The minimum atomic E-state index is 0. The van der Waals surface area contributed by atoms with E-state index in [4.69, 9.17) is 18.9 Å². The van der Waals surface area contributed by atoms with Gasteiger partial charge in [-0.3, -0.25) is 4.99 Å². The van der Waals surface area contributed by atoms with Crippen LogP contribution in [0.1, 0.15) is 44.9 Å². The number of aliphatic imine (C=N–C) groups is 1. The van der Waals surface area contributed by atoms with Crippen molar-refractivity contribution in [1.82, 2.24) is 10.2 Å². The molecule has 29 heavy (non-hydrogen) atoms. The number of nitrogens with one attached hydrogen (secondary N) is 1. The zero-order chi connectivity index (χ0) is 19.4. The lowest BCUT2D eigenvalue weighted by molar-refractivity contribution is -0.0721. The van der Waals surface area contributed by atoms with Crippen LogP contribution in [0.3, 0.4) is 0 Å². The monoisotopic (exact) mass is 525 g/mol. The molecule has 3 fully saturated rings. The van der Waals surface area contributed by atoms with Gasteiger partial charge in [-0.15, -0.1) is 24.0 Å². The summed E-state index contributed by atoms with van der Waals surface area (Å²) in [7, 11) is 1.86. The van der Waals surface area contributed by atoms with Crippen LogP contribution in [0.5, 0.6) is 0 Å². The Morgan fingerprint density at radius 1 is 1.10 bits per heavy atom. The average molecular weight is 525 g/mol. The minimum absolute atomic E-state index is 0. The van der Waals surface area contributed by atoms with Crippen molar-refractivity contribution in [3.63, 3.8) is 0 Å². The van der Waals surface area contributed by atoms with Crippen LogP contribution >= 0.6 is 24.0 Å². The van der Waals surface area contributed by atoms with E-state index in [1.807, 2.05) is 7.05 Å². The quantitative estimate of drug-likeness (QED) is 0.216. The first kappa shape index (κ1) is 25.1. The molecule has 3 aliphatic heterocycles. The van der Waals surface area contributed by atoms with E-state index in [2.05, 4.69) is 15.2 Å². The van der Waals surface area contributed by atoms with Crippen molar-refractivity contribution in [2.75, 3.05) is 66.3 Å². The highest BCUT2D eigenvalue weighted by Crippen LogP contribution is 2.18. The minimum Gasteiger partial charge on any atom is -0.381 e. The van der Waals surface area contributed by atoms with Crippen molar-refractivity contribution in [3.05, 3.63) is 0 Å². The average Bonchev–Trinajstić information content (AvgIpc) is 3.27. The van der Waals surface area contributed by atoms with Crippen LogP contribution in [0, 0.1) is 5.92 Å². The molecule has 0 spiro atoms. The zero-order valence-electron chi connectivity index (χ0n) is 18.0. The summed E-state index contributed by atoms with van der Waals surface area (Å²) in [5.74, 6) is 1.59. The van der Waals surface area contributed by atoms with E-state index in [-0.39, 0.29) is 24.0 Å². The Balaban J connectivity index is 0.00000300. The summed E-state index contributed by atoms with van der Waals surface area (Å²) in [6, 6.07) is 0. The van der Waals surface area contributed by atoms with Crippen molar-refractivity contribution in [2.45, 2.75) is 57.2 Å². The zero-order valence-corrected chi connectivity index (χ0v) is 20.3. The van der Waals surface area contributed by atoms with Crippen molar-refractivity contribution >= 4 is 29.9 Å². The van der Waals surface area contributed by atoms with Crippen molar-refractivity contribution in [1.29, 1.82) is 0 Å². The van der Waals surface area contributed by atoms with Crippen LogP contribution in [0.2, 0.25) is 0 Å². The van der Waals surface area contributed by atoms with E-state index in [0.717, 1.165) is 97.3 Å². The van der Waals surface area contributed by atoms with Gasteiger partial charge in [0.15, 0.2) is 5.96 Å². The summed E-state index contributed by atoms with van der Waals surface area (Å²) in [5, 5.41) is 3.48. The summed E-state index contributed by atoms with van der Waals surface area (Å²) in [6.45, 7) is 7.90. The Morgan fingerprint density at radius 2 is 1.97 bits per heavy atom. The fourth-order valence-corrected chi connectivity index (χ4v) is 4.09. The Kier molecular flexibility index (Phi) is 12.8. The highest BCUT2D eigenvalue weighted by atomic mass is 127. The van der Waals surface area contributed by atoms with Crippen molar-refractivity contribution in [2.24, 2.45) is 10.9 Å². The first-order chi connectivity index (χ1) is 13.8. The summed E-state index contributed by atoms with van der Waals surface area (Å²) >= 11 is 0. The van der Waals surface area contributed by atoms with Crippen molar-refractivity contribution < 1.29 is 18.9 Å². The Bertz CT molecular complexity index is 449. The number of rotatable bonds is 9. The van der Waals surface area contributed by atoms with E-state index >= 15 is 0 Å². The normalized spacial score (nSPS) is 26.4. The Labute approximate surface area is 193 Å². The number of likely N-dealkylation sites (tertiary alicyclic amines) is 1. The molecular weight excluding hydrogens is 485 g/mol. The molecule has 8 heteroatoms. The van der Waals surface area contributed by atoms with Gasteiger partial charge in [-0.1, -0.05) is 0 Å². The van der Waals surface area contributed by atoms with Gasteiger partial charge in [-0.05, 0) is 44.9 Å². The van der Waals surface area contributed by atoms with E-state index in [1.54, 1.807) is 0 Å². The predicted molar refractivity (Wildman–Crippen MR) is 125 cm³/mol. The standard InChI is InChI=1S/C21H39N3O4.HI/c1-22-21(23-9-4-12-25-15-18-8-14-26-16-18)24-10-6-19(7-11-24)28-17-20-5-2-3-13-27-20;/h18-20H,2-17H2,1H3,(H,22,23);1H. The maximum atomic E-state index is 6.11. The first-order valence-corrected chi connectivity index (χ1v) is 11.2. The van der Waals surface area contributed by atoms with Crippen LogP contribution in [0.25, 0.3) is 0 Å². The third kappa shape index (κ3) is 9.25. The summed E-state index contributed by atoms with van der Waals surface area (Å²) in [5.41, 5.74) is 0. The van der Waals surface area contributed by atoms with E-state index in [9.17, 15) is 0 Å². The van der Waals surface area contributed by atoms with Gasteiger partial charge < -0.3 is 29.2 Å². The van der Waals surface area contributed by atoms with Gasteiger partial charge in [0.2, 0.25) is 0 Å². The summed E-state index contributed by atoms with van der Waals surface area (Å²) in [4.78, 5) is 6.79. The highest BCUT2D eigenvalue weighted by Gasteiger charge is 2.23. The molecule has 0 aliphatic carbocycles.